The number of benzene rings is 1. The maximum absolute atomic E-state index is 11.2. The molecular formula is C11H15ClO3S. The molecule has 1 aromatic rings. The van der Waals surface area contributed by atoms with Crippen LogP contribution in [0.1, 0.15) is 18.1 Å². The molecule has 0 aliphatic carbocycles. The summed E-state index contributed by atoms with van der Waals surface area (Å²) < 4.78 is 27.7. The summed E-state index contributed by atoms with van der Waals surface area (Å²) in [5, 5.41) is 0. The fraction of sp³-hybridized carbons (Fsp3) is 0.455. The minimum Gasteiger partial charge on any atom is -0.373 e. The number of hydrogen-bond acceptors (Lipinski definition) is 3. The van der Waals surface area contributed by atoms with Gasteiger partial charge in [-0.25, -0.2) is 8.42 Å². The van der Waals surface area contributed by atoms with E-state index in [-0.39, 0.29) is 5.75 Å². The lowest BCUT2D eigenvalue weighted by Gasteiger charge is -2.28. The Labute approximate surface area is 101 Å². The van der Waals surface area contributed by atoms with Crippen molar-refractivity contribution in [2.75, 3.05) is 12.9 Å². The molecule has 3 nitrogen and oxygen atoms in total. The SMILES string of the molecule is COC(C)(CS(=O)(=O)Cl)c1ccccc1C. The van der Waals surface area contributed by atoms with Crippen molar-refractivity contribution in [2.45, 2.75) is 19.4 Å². The van der Waals surface area contributed by atoms with E-state index < -0.39 is 14.7 Å². The van der Waals surface area contributed by atoms with Gasteiger partial charge >= 0.3 is 0 Å². The highest BCUT2D eigenvalue weighted by Gasteiger charge is 2.32. The molecule has 0 aliphatic rings. The molecule has 0 radical (unpaired) electrons. The Hall–Kier alpha value is -0.580. The van der Waals surface area contributed by atoms with Crippen molar-refractivity contribution in [3.05, 3.63) is 35.4 Å². The van der Waals surface area contributed by atoms with Crippen LogP contribution in [0.15, 0.2) is 24.3 Å². The number of hydrogen-bond donors (Lipinski definition) is 0. The van der Waals surface area contributed by atoms with Crippen molar-refractivity contribution in [1.29, 1.82) is 0 Å². The largest absolute Gasteiger partial charge is 0.373 e. The molecule has 90 valence electrons. The first-order valence-electron chi connectivity index (χ1n) is 4.82. The fourth-order valence-corrected chi connectivity index (χ4v) is 3.30. The van der Waals surface area contributed by atoms with Crippen LogP contribution in [0.3, 0.4) is 0 Å². The summed E-state index contributed by atoms with van der Waals surface area (Å²) in [5.74, 6) is -0.247. The summed E-state index contributed by atoms with van der Waals surface area (Å²) in [5.41, 5.74) is 0.903. The van der Waals surface area contributed by atoms with E-state index in [1.807, 2.05) is 31.2 Å². The molecule has 0 spiro atoms. The normalized spacial score (nSPS) is 15.8. The van der Waals surface area contributed by atoms with Crippen molar-refractivity contribution in [1.82, 2.24) is 0 Å². The van der Waals surface area contributed by atoms with Crippen LogP contribution < -0.4 is 0 Å². The van der Waals surface area contributed by atoms with Crippen LogP contribution >= 0.6 is 10.7 Å². The second kappa shape index (κ2) is 4.73. The van der Waals surface area contributed by atoms with E-state index in [4.69, 9.17) is 15.4 Å². The van der Waals surface area contributed by atoms with Gasteiger partial charge in [0.1, 0.15) is 5.60 Å². The molecule has 16 heavy (non-hydrogen) atoms. The lowest BCUT2D eigenvalue weighted by Crippen LogP contribution is -2.32. The van der Waals surface area contributed by atoms with Crippen molar-refractivity contribution in [2.24, 2.45) is 0 Å². The number of methoxy groups -OCH3 is 1. The number of aryl methyl sites for hydroxylation is 1. The monoisotopic (exact) mass is 262 g/mol. The molecule has 0 amide bonds. The smallest absolute Gasteiger partial charge is 0.235 e. The number of halogens is 1. The van der Waals surface area contributed by atoms with E-state index in [9.17, 15) is 8.42 Å². The standard InChI is InChI=1S/C11H15ClO3S/c1-9-6-4-5-7-10(9)11(2,15-3)8-16(12,13)14/h4-7H,8H2,1-3H3. The van der Waals surface area contributed by atoms with Gasteiger partial charge in [-0.1, -0.05) is 24.3 Å². The zero-order valence-corrected chi connectivity index (χ0v) is 11.1. The molecule has 1 aromatic carbocycles. The van der Waals surface area contributed by atoms with Crippen LogP contribution in [0.2, 0.25) is 0 Å². The quantitative estimate of drug-likeness (QED) is 0.783. The molecule has 0 saturated carbocycles. The average Bonchev–Trinajstić information content (AvgIpc) is 2.15. The van der Waals surface area contributed by atoms with Crippen LogP contribution in [0.5, 0.6) is 0 Å². The van der Waals surface area contributed by atoms with Gasteiger partial charge < -0.3 is 4.74 Å². The van der Waals surface area contributed by atoms with Gasteiger partial charge in [0.05, 0.1) is 5.75 Å². The van der Waals surface area contributed by atoms with E-state index in [1.54, 1.807) is 6.92 Å². The predicted octanol–water partition coefficient (Wildman–Crippen LogP) is 2.43. The third-order valence-corrected chi connectivity index (χ3v) is 3.84. The summed E-state index contributed by atoms with van der Waals surface area (Å²) in [6.45, 7) is 3.63. The van der Waals surface area contributed by atoms with E-state index in [0.717, 1.165) is 11.1 Å². The first-order valence-corrected chi connectivity index (χ1v) is 7.30. The fourth-order valence-electron chi connectivity index (χ4n) is 1.74. The van der Waals surface area contributed by atoms with Crippen molar-refractivity contribution >= 4 is 19.7 Å². The number of ether oxygens (including phenoxy) is 1. The topological polar surface area (TPSA) is 43.4 Å². The predicted molar refractivity (Wildman–Crippen MR) is 65.2 cm³/mol. The van der Waals surface area contributed by atoms with Gasteiger partial charge in [0.2, 0.25) is 9.05 Å². The van der Waals surface area contributed by atoms with Gasteiger partial charge in [-0.05, 0) is 25.0 Å². The zero-order chi connectivity index (χ0) is 12.4. The summed E-state index contributed by atoms with van der Waals surface area (Å²) in [4.78, 5) is 0. The van der Waals surface area contributed by atoms with Gasteiger partial charge in [0.25, 0.3) is 0 Å². The highest BCUT2D eigenvalue weighted by molar-refractivity contribution is 8.13. The summed E-state index contributed by atoms with van der Waals surface area (Å²) in [6, 6.07) is 7.50. The van der Waals surface area contributed by atoms with E-state index in [0.29, 0.717) is 0 Å². The number of rotatable bonds is 4. The Bertz CT molecular complexity index is 470. The molecule has 1 rings (SSSR count). The van der Waals surface area contributed by atoms with Gasteiger partial charge in [-0.3, -0.25) is 0 Å². The maximum atomic E-state index is 11.2. The highest BCUT2D eigenvalue weighted by atomic mass is 35.7. The Balaban J connectivity index is 3.20. The maximum Gasteiger partial charge on any atom is 0.235 e. The first-order chi connectivity index (χ1) is 7.28. The molecular weight excluding hydrogens is 248 g/mol. The van der Waals surface area contributed by atoms with Gasteiger partial charge in [0, 0.05) is 17.8 Å². The van der Waals surface area contributed by atoms with Crippen LogP contribution in [0, 0.1) is 6.92 Å². The van der Waals surface area contributed by atoms with E-state index >= 15 is 0 Å². The molecule has 0 N–H and O–H groups in total. The second-order valence-electron chi connectivity index (χ2n) is 3.93. The summed E-state index contributed by atoms with van der Waals surface area (Å²) in [6.07, 6.45) is 0. The molecule has 0 aromatic heterocycles. The van der Waals surface area contributed by atoms with Crippen molar-refractivity contribution in [3.8, 4) is 0 Å². The Morgan fingerprint density at radius 2 is 1.94 bits per heavy atom. The highest BCUT2D eigenvalue weighted by Crippen LogP contribution is 2.29. The Morgan fingerprint density at radius 1 is 1.38 bits per heavy atom. The van der Waals surface area contributed by atoms with Crippen LogP contribution in [0.25, 0.3) is 0 Å². The third kappa shape index (κ3) is 3.20. The second-order valence-corrected chi connectivity index (χ2v) is 6.71. The van der Waals surface area contributed by atoms with Crippen molar-refractivity contribution < 1.29 is 13.2 Å². The van der Waals surface area contributed by atoms with Gasteiger partial charge in [-0.2, -0.15) is 0 Å². The molecule has 0 aliphatic heterocycles. The van der Waals surface area contributed by atoms with Crippen LogP contribution in [-0.2, 0) is 19.4 Å². The minimum atomic E-state index is -3.61. The Morgan fingerprint density at radius 3 is 2.38 bits per heavy atom. The Kier molecular flexibility index (Phi) is 3.99. The molecule has 1 unspecified atom stereocenters. The lowest BCUT2D eigenvalue weighted by molar-refractivity contribution is 0.0220. The summed E-state index contributed by atoms with van der Waals surface area (Å²) in [7, 11) is 3.16. The molecule has 5 heteroatoms. The van der Waals surface area contributed by atoms with Crippen molar-refractivity contribution in [3.63, 3.8) is 0 Å². The van der Waals surface area contributed by atoms with E-state index in [1.165, 1.54) is 7.11 Å². The van der Waals surface area contributed by atoms with Crippen LogP contribution in [0.4, 0.5) is 0 Å². The molecule has 1 atom stereocenters. The molecule has 0 heterocycles. The molecule has 0 saturated heterocycles. The molecule has 0 fully saturated rings. The van der Waals surface area contributed by atoms with Gasteiger partial charge in [0.15, 0.2) is 0 Å². The minimum absolute atomic E-state index is 0.247. The third-order valence-electron chi connectivity index (χ3n) is 2.61. The first kappa shape index (κ1) is 13.5. The van der Waals surface area contributed by atoms with Gasteiger partial charge in [-0.15, -0.1) is 0 Å². The molecule has 0 bridgehead atoms. The van der Waals surface area contributed by atoms with E-state index in [2.05, 4.69) is 0 Å². The average molecular weight is 263 g/mol. The lowest BCUT2D eigenvalue weighted by atomic mass is 9.93. The zero-order valence-electron chi connectivity index (χ0n) is 9.53. The summed E-state index contributed by atoms with van der Waals surface area (Å²) >= 11 is 0. The van der Waals surface area contributed by atoms with Crippen LogP contribution in [-0.4, -0.2) is 21.3 Å².